The highest BCUT2D eigenvalue weighted by atomic mass is 35.5. The molecular formula is C15H28ClN3S. The minimum Gasteiger partial charge on any atom is -0.313 e. The Hall–Kier alpha value is -0.190. The molecular weight excluding hydrogens is 290 g/mol. The Kier molecular flexibility index (Phi) is 6.89. The second kappa shape index (κ2) is 7.71. The van der Waals surface area contributed by atoms with Gasteiger partial charge in [0.15, 0.2) is 0 Å². The average molecular weight is 318 g/mol. The Labute approximate surface area is 132 Å². The van der Waals surface area contributed by atoms with Crippen molar-refractivity contribution >= 4 is 23.4 Å². The third-order valence-corrected chi connectivity index (χ3v) is 5.03. The van der Waals surface area contributed by atoms with Crippen LogP contribution in [-0.2, 0) is 13.0 Å². The molecule has 1 atom stereocenters. The second-order valence-corrected chi connectivity index (χ2v) is 8.27. The van der Waals surface area contributed by atoms with E-state index in [1.54, 1.807) is 0 Å². The van der Waals surface area contributed by atoms with E-state index in [2.05, 4.69) is 45.0 Å². The van der Waals surface area contributed by atoms with Crippen molar-refractivity contribution < 1.29 is 0 Å². The number of aromatic nitrogens is 2. The third kappa shape index (κ3) is 5.30. The molecule has 1 aromatic rings. The molecule has 116 valence electrons. The number of likely N-dealkylation sites (N-methyl/N-ethyl adjacent to an activating group) is 1. The summed E-state index contributed by atoms with van der Waals surface area (Å²) in [5.41, 5.74) is 2.09. The molecule has 0 aromatic carbocycles. The number of rotatable bonds is 7. The Balaban J connectivity index is 2.79. The lowest BCUT2D eigenvalue weighted by Crippen LogP contribution is -2.35. The number of halogens is 1. The van der Waals surface area contributed by atoms with E-state index < -0.39 is 0 Å². The van der Waals surface area contributed by atoms with Crippen molar-refractivity contribution in [2.24, 2.45) is 0 Å². The van der Waals surface area contributed by atoms with Crippen LogP contribution in [0.2, 0.25) is 5.02 Å². The van der Waals surface area contributed by atoms with Gasteiger partial charge in [-0.2, -0.15) is 16.9 Å². The largest absolute Gasteiger partial charge is 0.313 e. The van der Waals surface area contributed by atoms with Gasteiger partial charge in [0, 0.05) is 29.5 Å². The molecule has 1 aromatic heterocycles. The van der Waals surface area contributed by atoms with E-state index in [-0.39, 0.29) is 0 Å². The summed E-state index contributed by atoms with van der Waals surface area (Å²) in [5, 5.41) is 8.90. The van der Waals surface area contributed by atoms with Crippen molar-refractivity contribution in [2.45, 2.75) is 65.3 Å². The Morgan fingerprint density at radius 1 is 1.35 bits per heavy atom. The van der Waals surface area contributed by atoms with Crippen LogP contribution >= 0.6 is 23.4 Å². The summed E-state index contributed by atoms with van der Waals surface area (Å²) in [6.45, 7) is 14.9. The lowest BCUT2D eigenvalue weighted by atomic mass is 10.1. The van der Waals surface area contributed by atoms with E-state index in [4.69, 9.17) is 11.6 Å². The van der Waals surface area contributed by atoms with E-state index >= 15 is 0 Å². The molecule has 1 unspecified atom stereocenters. The van der Waals surface area contributed by atoms with Gasteiger partial charge in [0.2, 0.25) is 0 Å². The Bertz CT molecular complexity index is 423. The zero-order chi connectivity index (χ0) is 15.3. The zero-order valence-electron chi connectivity index (χ0n) is 13.6. The molecule has 0 aliphatic rings. The minimum absolute atomic E-state index is 0.290. The lowest BCUT2D eigenvalue weighted by molar-refractivity contribution is 0.532. The molecule has 0 amide bonds. The summed E-state index contributed by atoms with van der Waals surface area (Å²) < 4.78 is 2.32. The van der Waals surface area contributed by atoms with Gasteiger partial charge in [-0.3, -0.25) is 4.68 Å². The highest BCUT2D eigenvalue weighted by Gasteiger charge is 2.20. The highest BCUT2D eigenvalue weighted by molar-refractivity contribution is 8.00. The van der Waals surface area contributed by atoms with Crippen molar-refractivity contribution in [3.63, 3.8) is 0 Å². The maximum Gasteiger partial charge on any atom is 0.0847 e. The number of nitrogens with one attached hydrogen (secondary N) is 1. The van der Waals surface area contributed by atoms with Gasteiger partial charge in [-0.15, -0.1) is 0 Å². The van der Waals surface area contributed by atoms with Gasteiger partial charge in [0.1, 0.15) is 0 Å². The van der Waals surface area contributed by atoms with E-state index in [0.717, 1.165) is 41.7 Å². The monoisotopic (exact) mass is 317 g/mol. The number of hydrogen-bond acceptors (Lipinski definition) is 3. The van der Waals surface area contributed by atoms with Crippen molar-refractivity contribution in [1.82, 2.24) is 15.1 Å². The number of hydrogen-bond donors (Lipinski definition) is 1. The van der Waals surface area contributed by atoms with Crippen LogP contribution in [0.25, 0.3) is 0 Å². The first-order chi connectivity index (χ1) is 9.28. The first-order valence-electron chi connectivity index (χ1n) is 7.37. The van der Waals surface area contributed by atoms with Gasteiger partial charge in [0.25, 0.3) is 0 Å². The van der Waals surface area contributed by atoms with Gasteiger partial charge < -0.3 is 5.32 Å². The maximum absolute atomic E-state index is 6.41. The molecule has 1 heterocycles. The Morgan fingerprint density at radius 2 is 2.00 bits per heavy atom. The van der Waals surface area contributed by atoms with Gasteiger partial charge >= 0.3 is 0 Å². The standard InChI is InChI=1S/C15H28ClN3S/c1-7-17-12(10-20-15(4,5)6)9-13-14(16)11(3)18-19(13)8-2/h12,17H,7-10H2,1-6H3. The van der Waals surface area contributed by atoms with Gasteiger partial charge in [-0.25, -0.2) is 0 Å². The first-order valence-corrected chi connectivity index (χ1v) is 8.74. The van der Waals surface area contributed by atoms with Crippen molar-refractivity contribution in [3.8, 4) is 0 Å². The third-order valence-electron chi connectivity index (χ3n) is 3.10. The normalized spacial score (nSPS) is 13.8. The van der Waals surface area contributed by atoms with E-state index in [0.29, 0.717) is 10.8 Å². The Morgan fingerprint density at radius 3 is 2.50 bits per heavy atom. The van der Waals surface area contributed by atoms with Crippen molar-refractivity contribution in [2.75, 3.05) is 12.3 Å². The molecule has 1 rings (SSSR count). The van der Waals surface area contributed by atoms with E-state index in [9.17, 15) is 0 Å². The van der Waals surface area contributed by atoms with Crippen molar-refractivity contribution in [1.29, 1.82) is 0 Å². The topological polar surface area (TPSA) is 29.9 Å². The summed E-state index contributed by atoms with van der Waals surface area (Å²) in [7, 11) is 0. The van der Waals surface area contributed by atoms with E-state index in [1.807, 2.05) is 23.4 Å². The zero-order valence-corrected chi connectivity index (χ0v) is 15.2. The maximum atomic E-state index is 6.41. The molecule has 0 fully saturated rings. The SMILES string of the molecule is CCNC(CSC(C)(C)C)Cc1c(Cl)c(C)nn1CC. The first kappa shape index (κ1) is 17.9. The summed E-state index contributed by atoms with van der Waals surface area (Å²) in [5.74, 6) is 1.08. The predicted molar refractivity (Wildman–Crippen MR) is 91.0 cm³/mol. The molecule has 0 bridgehead atoms. The molecule has 0 aliphatic heterocycles. The summed E-state index contributed by atoms with van der Waals surface area (Å²) in [4.78, 5) is 0. The predicted octanol–water partition coefficient (Wildman–Crippen LogP) is 3.92. The molecule has 0 radical (unpaired) electrons. The van der Waals surface area contributed by atoms with Gasteiger partial charge in [-0.1, -0.05) is 39.3 Å². The summed E-state index contributed by atoms with van der Waals surface area (Å²) in [6.07, 6.45) is 0.935. The molecule has 20 heavy (non-hydrogen) atoms. The smallest absolute Gasteiger partial charge is 0.0847 e. The summed E-state index contributed by atoms with van der Waals surface area (Å²) in [6, 6.07) is 0.433. The van der Waals surface area contributed by atoms with Crippen LogP contribution in [0.15, 0.2) is 0 Å². The van der Waals surface area contributed by atoms with Crippen LogP contribution in [0, 0.1) is 6.92 Å². The quantitative estimate of drug-likeness (QED) is 0.826. The fraction of sp³-hybridized carbons (Fsp3) is 0.800. The van der Waals surface area contributed by atoms with Crippen LogP contribution in [-0.4, -0.2) is 32.9 Å². The highest BCUT2D eigenvalue weighted by Crippen LogP contribution is 2.26. The van der Waals surface area contributed by atoms with Crippen LogP contribution in [0.3, 0.4) is 0 Å². The fourth-order valence-corrected chi connectivity index (χ4v) is 3.28. The van der Waals surface area contributed by atoms with Gasteiger partial charge in [0.05, 0.1) is 16.4 Å². The molecule has 0 aliphatic carbocycles. The molecule has 1 N–H and O–H groups in total. The minimum atomic E-state index is 0.290. The summed E-state index contributed by atoms with van der Waals surface area (Å²) >= 11 is 8.40. The molecule has 0 saturated carbocycles. The number of nitrogens with zero attached hydrogens (tertiary/aromatic N) is 2. The molecule has 3 nitrogen and oxygen atoms in total. The van der Waals surface area contributed by atoms with E-state index in [1.165, 1.54) is 0 Å². The van der Waals surface area contributed by atoms with Crippen LogP contribution in [0.5, 0.6) is 0 Å². The van der Waals surface area contributed by atoms with Crippen LogP contribution < -0.4 is 5.32 Å². The van der Waals surface area contributed by atoms with Crippen LogP contribution in [0.1, 0.15) is 46.0 Å². The number of thioether (sulfide) groups is 1. The molecule has 0 saturated heterocycles. The molecule has 5 heteroatoms. The van der Waals surface area contributed by atoms with Gasteiger partial charge in [-0.05, 0) is 20.4 Å². The lowest BCUT2D eigenvalue weighted by Gasteiger charge is -2.24. The second-order valence-electron chi connectivity index (χ2n) is 6.04. The van der Waals surface area contributed by atoms with Crippen molar-refractivity contribution in [3.05, 3.63) is 16.4 Å². The molecule has 0 spiro atoms. The average Bonchev–Trinajstić information content (AvgIpc) is 2.63. The number of aryl methyl sites for hydroxylation is 2. The van der Waals surface area contributed by atoms with Crippen LogP contribution in [0.4, 0.5) is 0 Å². The fourth-order valence-electron chi connectivity index (χ4n) is 2.13.